The van der Waals surface area contributed by atoms with Crippen LogP contribution in [-0.4, -0.2) is 4.98 Å². The maximum Gasteiger partial charge on any atom is 0.0795 e. The number of para-hydroxylation sites is 1. The summed E-state index contributed by atoms with van der Waals surface area (Å²) in [4.78, 5) is 4.28. The van der Waals surface area contributed by atoms with E-state index in [2.05, 4.69) is 17.2 Å². The van der Waals surface area contributed by atoms with Crippen molar-refractivity contribution in [3.63, 3.8) is 0 Å². The second-order valence-corrected chi connectivity index (χ2v) is 4.84. The van der Waals surface area contributed by atoms with Gasteiger partial charge < -0.3 is 5.32 Å². The molecule has 0 aliphatic heterocycles. The Morgan fingerprint density at radius 3 is 2.88 bits per heavy atom. The predicted octanol–water partition coefficient (Wildman–Crippen LogP) is 4.28. The molecule has 0 aliphatic rings. The molecule has 0 aliphatic carbocycles. The molecule has 1 unspecified atom stereocenters. The third-order valence-electron chi connectivity index (χ3n) is 2.48. The highest BCUT2D eigenvalue weighted by Crippen LogP contribution is 2.29. The second kappa shape index (κ2) is 4.85. The molecule has 0 amide bonds. The van der Waals surface area contributed by atoms with E-state index >= 15 is 0 Å². The topological polar surface area (TPSA) is 24.9 Å². The molecule has 0 spiro atoms. The standard InChI is InChI=1S/C12H13ClN2S/c1-8-4-3-5-10(13)12(8)15-9(2)11-6-16-7-14-11/h3-7,9,15H,1-2H3. The Morgan fingerprint density at radius 1 is 1.44 bits per heavy atom. The Bertz CT molecular complexity index is 448. The third-order valence-corrected chi connectivity index (χ3v) is 3.40. The van der Waals surface area contributed by atoms with Crippen molar-refractivity contribution in [1.82, 2.24) is 4.98 Å². The molecule has 4 heteroatoms. The van der Waals surface area contributed by atoms with Crippen LogP contribution in [0.4, 0.5) is 5.69 Å². The summed E-state index contributed by atoms with van der Waals surface area (Å²) in [5.41, 5.74) is 5.02. The molecule has 2 aromatic rings. The first kappa shape index (κ1) is 11.4. The molecule has 1 aromatic heterocycles. The van der Waals surface area contributed by atoms with Crippen molar-refractivity contribution in [1.29, 1.82) is 0 Å². The van der Waals surface area contributed by atoms with Crippen LogP contribution in [0, 0.1) is 6.92 Å². The van der Waals surface area contributed by atoms with Crippen LogP contribution in [0.25, 0.3) is 0 Å². The summed E-state index contributed by atoms with van der Waals surface area (Å²) in [6.45, 7) is 4.12. The maximum atomic E-state index is 6.15. The summed E-state index contributed by atoms with van der Waals surface area (Å²) in [7, 11) is 0. The number of nitrogens with one attached hydrogen (secondary N) is 1. The molecule has 16 heavy (non-hydrogen) atoms. The molecule has 1 heterocycles. The fourth-order valence-electron chi connectivity index (χ4n) is 1.54. The largest absolute Gasteiger partial charge is 0.375 e. The Morgan fingerprint density at radius 2 is 2.25 bits per heavy atom. The van der Waals surface area contributed by atoms with Crippen LogP contribution < -0.4 is 5.32 Å². The highest BCUT2D eigenvalue weighted by Gasteiger charge is 2.10. The molecule has 0 bridgehead atoms. The van der Waals surface area contributed by atoms with Gasteiger partial charge in [-0.3, -0.25) is 0 Å². The molecule has 2 nitrogen and oxygen atoms in total. The highest BCUT2D eigenvalue weighted by molar-refractivity contribution is 7.07. The van der Waals surface area contributed by atoms with Crippen molar-refractivity contribution in [3.05, 3.63) is 45.4 Å². The van der Waals surface area contributed by atoms with Crippen LogP contribution in [0.3, 0.4) is 0 Å². The molecule has 1 N–H and O–H groups in total. The minimum atomic E-state index is 0.171. The van der Waals surface area contributed by atoms with Crippen molar-refractivity contribution in [2.75, 3.05) is 5.32 Å². The zero-order valence-electron chi connectivity index (χ0n) is 9.20. The lowest BCUT2D eigenvalue weighted by Crippen LogP contribution is -2.08. The predicted molar refractivity (Wildman–Crippen MR) is 70.3 cm³/mol. The zero-order chi connectivity index (χ0) is 11.5. The lowest BCUT2D eigenvalue weighted by Gasteiger charge is -2.16. The summed E-state index contributed by atoms with van der Waals surface area (Å²) < 4.78 is 0. The van der Waals surface area contributed by atoms with E-state index in [1.165, 1.54) is 0 Å². The summed E-state index contributed by atoms with van der Waals surface area (Å²) in [6.07, 6.45) is 0. The minimum Gasteiger partial charge on any atom is -0.375 e. The number of benzene rings is 1. The highest BCUT2D eigenvalue weighted by atomic mass is 35.5. The van der Waals surface area contributed by atoms with Crippen LogP contribution in [0.5, 0.6) is 0 Å². The first-order valence-electron chi connectivity index (χ1n) is 5.08. The molecule has 0 radical (unpaired) electrons. The molecule has 1 aromatic carbocycles. The smallest absolute Gasteiger partial charge is 0.0795 e. The lowest BCUT2D eigenvalue weighted by molar-refractivity contribution is 0.848. The fraction of sp³-hybridized carbons (Fsp3) is 0.250. The van der Waals surface area contributed by atoms with Gasteiger partial charge >= 0.3 is 0 Å². The number of aromatic nitrogens is 1. The number of aryl methyl sites for hydroxylation is 1. The Hall–Kier alpha value is -1.06. The number of halogens is 1. The molecule has 1 atom stereocenters. The van der Waals surface area contributed by atoms with Crippen LogP contribution in [0.15, 0.2) is 29.1 Å². The minimum absolute atomic E-state index is 0.171. The number of thiazole rings is 1. The molecule has 0 saturated heterocycles. The van der Waals surface area contributed by atoms with Crippen molar-refractivity contribution in [3.8, 4) is 0 Å². The lowest BCUT2D eigenvalue weighted by atomic mass is 10.1. The number of rotatable bonds is 3. The molecular weight excluding hydrogens is 240 g/mol. The number of hydrogen-bond acceptors (Lipinski definition) is 3. The maximum absolute atomic E-state index is 6.15. The van der Waals surface area contributed by atoms with Gasteiger partial charge in [-0.05, 0) is 25.5 Å². The Balaban J connectivity index is 2.21. The van der Waals surface area contributed by atoms with E-state index in [9.17, 15) is 0 Å². The van der Waals surface area contributed by atoms with Gasteiger partial charge in [-0.15, -0.1) is 11.3 Å². The summed E-state index contributed by atoms with van der Waals surface area (Å²) in [6, 6.07) is 6.06. The normalized spacial score (nSPS) is 12.4. The van der Waals surface area contributed by atoms with Gasteiger partial charge in [0, 0.05) is 5.38 Å². The van der Waals surface area contributed by atoms with Gasteiger partial charge in [0.15, 0.2) is 0 Å². The number of hydrogen-bond donors (Lipinski definition) is 1. The van der Waals surface area contributed by atoms with Gasteiger partial charge in [0.25, 0.3) is 0 Å². The van der Waals surface area contributed by atoms with E-state index in [4.69, 9.17) is 11.6 Å². The molecular formula is C12H13ClN2S. The average molecular weight is 253 g/mol. The SMILES string of the molecule is Cc1cccc(Cl)c1NC(C)c1cscn1. The van der Waals surface area contributed by atoms with E-state index in [0.29, 0.717) is 0 Å². The van der Waals surface area contributed by atoms with Gasteiger partial charge in [0.05, 0.1) is 28.0 Å². The fourth-order valence-corrected chi connectivity index (χ4v) is 2.47. The van der Waals surface area contributed by atoms with Gasteiger partial charge in [-0.25, -0.2) is 4.98 Å². The van der Waals surface area contributed by atoms with E-state index in [1.54, 1.807) is 11.3 Å². The van der Waals surface area contributed by atoms with Crippen LogP contribution >= 0.6 is 22.9 Å². The van der Waals surface area contributed by atoms with E-state index in [-0.39, 0.29) is 6.04 Å². The summed E-state index contributed by atoms with van der Waals surface area (Å²) in [5, 5.41) is 6.19. The monoisotopic (exact) mass is 252 g/mol. The van der Waals surface area contributed by atoms with Gasteiger partial charge in [-0.2, -0.15) is 0 Å². The van der Waals surface area contributed by atoms with Crippen LogP contribution in [0.1, 0.15) is 24.2 Å². The van der Waals surface area contributed by atoms with Crippen molar-refractivity contribution < 1.29 is 0 Å². The van der Waals surface area contributed by atoms with Crippen molar-refractivity contribution in [2.45, 2.75) is 19.9 Å². The third kappa shape index (κ3) is 2.36. The molecule has 84 valence electrons. The van der Waals surface area contributed by atoms with Crippen LogP contribution in [-0.2, 0) is 0 Å². The van der Waals surface area contributed by atoms with Gasteiger partial charge in [0.1, 0.15) is 0 Å². The first-order valence-corrected chi connectivity index (χ1v) is 6.40. The summed E-state index contributed by atoms with van der Waals surface area (Å²) >= 11 is 7.76. The average Bonchev–Trinajstić information content (AvgIpc) is 2.76. The van der Waals surface area contributed by atoms with E-state index in [0.717, 1.165) is 22.0 Å². The molecule has 0 fully saturated rings. The number of nitrogens with zero attached hydrogens (tertiary/aromatic N) is 1. The van der Waals surface area contributed by atoms with E-state index < -0.39 is 0 Å². The quantitative estimate of drug-likeness (QED) is 0.882. The van der Waals surface area contributed by atoms with Crippen molar-refractivity contribution >= 4 is 28.6 Å². The second-order valence-electron chi connectivity index (χ2n) is 3.71. The zero-order valence-corrected chi connectivity index (χ0v) is 10.8. The Labute approximate surface area is 104 Å². The first-order chi connectivity index (χ1) is 7.68. The van der Waals surface area contributed by atoms with Gasteiger partial charge in [0.2, 0.25) is 0 Å². The van der Waals surface area contributed by atoms with Gasteiger partial charge in [-0.1, -0.05) is 23.7 Å². The molecule has 2 rings (SSSR count). The summed E-state index contributed by atoms with van der Waals surface area (Å²) in [5.74, 6) is 0. The van der Waals surface area contributed by atoms with E-state index in [1.807, 2.05) is 36.0 Å². The number of anilines is 1. The molecule has 0 saturated carbocycles. The Kier molecular flexibility index (Phi) is 3.46. The van der Waals surface area contributed by atoms with Crippen molar-refractivity contribution in [2.24, 2.45) is 0 Å². The van der Waals surface area contributed by atoms with Crippen LogP contribution in [0.2, 0.25) is 5.02 Å².